The molecule has 0 fully saturated rings. The molecule has 0 saturated carbocycles. The fourth-order valence-corrected chi connectivity index (χ4v) is 2.11. The molecule has 0 aliphatic rings. The van der Waals surface area contributed by atoms with Gasteiger partial charge < -0.3 is 10.6 Å². The summed E-state index contributed by atoms with van der Waals surface area (Å²) in [5.74, 6) is 0.177. The first-order valence-corrected chi connectivity index (χ1v) is 6.70. The molecule has 110 valence electrons. The maximum absolute atomic E-state index is 13.6. The monoisotopic (exact) mass is 287 g/mol. The molecule has 2 rings (SSSR count). The number of anilines is 1. The van der Waals surface area contributed by atoms with Crippen LogP contribution >= 0.6 is 0 Å². The van der Waals surface area contributed by atoms with Gasteiger partial charge in [0.2, 0.25) is 0 Å². The lowest BCUT2D eigenvalue weighted by molar-refractivity contribution is 0.0946. The Kier molecular flexibility index (Phi) is 4.52. The van der Waals surface area contributed by atoms with Crippen molar-refractivity contribution in [2.75, 3.05) is 12.4 Å². The topological polar surface area (TPSA) is 54.0 Å². The van der Waals surface area contributed by atoms with Crippen LogP contribution in [0.1, 0.15) is 27.2 Å². The van der Waals surface area contributed by atoms with Crippen molar-refractivity contribution in [2.45, 2.75) is 20.4 Å². The van der Waals surface area contributed by atoms with Gasteiger partial charge in [-0.25, -0.2) is 9.37 Å². The average molecular weight is 287 g/mol. The summed E-state index contributed by atoms with van der Waals surface area (Å²) in [6, 6.07) is 8.67. The van der Waals surface area contributed by atoms with Crippen LogP contribution in [0.3, 0.4) is 0 Å². The minimum atomic E-state index is -0.258. The largest absolute Gasteiger partial charge is 0.373 e. The van der Waals surface area contributed by atoms with Crippen LogP contribution in [0.15, 0.2) is 30.3 Å². The van der Waals surface area contributed by atoms with Crippen molar-refractivity contribution in [1.82, 2.24) is 10.3 Å². The van der Waals surface area contributed by atoms with Crippen molar-refractivity contribution in [3.05, 3.63) is 58.5 Å². The Labute approximate surface area is 123 Å². The van der Waals surface area contributed by atoms with E-state index in [2.05, 4.69) is 15.6 Å². The number of aromatic nitrogens is 1. The van der Waals surface area contributed by atoms with Gasteiger partial charge in [0.25, 0.3) is 5.91 Å². The molecule has 0 unspecified atom stereocenters. The van der Waals surface area contributed by atoms with Gasteiger partial charge in [-0.05, 0) is 42.7 Å². The summed E-state index contributed by atoms with van der Waals surface area (Å²) < 4.78 is 13.6. The minimum absolute atomic E-state index is 0.200. The van der Waals surface area contributed by atoms with E-state index in [1.54, 1.807) is 51.2 Å². The molecule has 2 N–H and O–H groups in total. The van der Waals surface area contributed by atoms with Gasteiger partial charge in [-0.3, -0.25) is 4.79 Å². The van der Waals surface area contributed by atoms with Crippen LogP contribution in [-0.2, 0) is 6.54 Å². The minimum Gasteiger partial charge on any atom is -0.373 e. The average Bonchev–Trinajstić information content (AvgIpc) is 2.50. The van der Waals surface area contributed by atoms with Crippen LogP contribution in [0.25, 0.3) is 0 Å². The van der Waals surface area contributed by atoms with E-state index in [1.807, 2.05) is 0 Å². The van der Waals surface area contributed by atoms with Crippen LogP contribution in [-0.4, -0.2) is 17.9 Å². The lowest BCUT2D eigenvalue weighted by atomic mass is 10.1. The van der Waals surface area contributed by atoms with Gasteiger partial charge in [0.05, 0.1) is 0 Å². The van der Waals surface area contributed by atoms with Crippen LogP contribution in [0.5, 0.6) is 0 Å². The molecule has 0 aliphatic heterocycles. The molecule has 0 atom stereocenters. The van der Waals surface area contributed by atoms with E-state index >= 15 is 0 Å². The highest BCUT2D eigenvalue weighted by Gasteiger charge is 2.09. The molecular weight excluding hydrogens is 269 g/mol. The summed E-state index contributed by atoms with van der Waals surface area (Å²) in [5.41, 5.74) is 2.37. The van der Waals surface area contributed by atoms with Gasteiger partial charge >= 0.3 is 0 Å². The zero-order valence-electron chi connectivity index (χ0n) is 12.3. The number of hydrogen-bond donors (Lipinski definition) is 2. The number of nitrogens with zero attached hydrogens (tertiary/aromatic N) is 1. The van der Waals surface area contributed by atoms with Crippen LogP contribution in [0.2, 0.25) is 0 Å². The molecule has 1 aromatic carbocycles. The van der Waals surface area contributed by atoms with E-state index in [-0.39, 0.29) is 11.7 Å². The maximum atomic E-state index is 13.6. The highest BCUT2D eigenvalue weighted by molar-refractivity contribution is 5.92. The molecule has 0 radical (unpaired) electrons. The Bertz CT molecular complexity index is 647. The maximum Gasteiger partial charge on any atom is 0.270 e. The van der Waals surface area contributed by atoms with Crippen LogP contribution in [0.4, 0.5) is 10.2 Å². The fourth-order valence-electron chi connectivity index (χ4n) is 2.11. The summed E-state index contributed by atoms with van der Waals surface area (Å²) in [6.07, 6.45) is 0. The van der Waals surface area contributed by atoms with Gasteiger partial charge in [-0.2, -0.15) is 0 Å². The molecule has 0 aliphatic carbocycles. The Morgan fingerprint density at radius 3 is 2.52 bits per heavy atom. The number of hydrogen-bond acceptors (Lipinski definition) is 3. The summed E-state index contributed by atoms with van der Waals surface area (Å²) in [5, 5.41) is 5.67. The number of pyridine rings is 1. The first-order chi connectivity index (χ1) is 10.0. The lowest BCUT2D eigenvalue weighted by Crippen LogP contribution is -2.24. The van der Waals surface area contributed by atoms with Crippen LogP contribution in [0, 0.1) is 19.7 Å². The third-order valence-corrected chi connectivity index (χ3v) is 3.19. The van der Waals surface area contributed by atoms with Crippen molar-refractivity contribution in [3.8, 4) is 0 Å². The standard InChI is InChI=1S/C16H18FN3O/c1-10-7-12(8-11(2)15(10)17)9-19-16(21)13-5-4-6-14(18-3)20-13/h4-8H,9H2,1-3H3,(H,18,20)(H,19,21). The second-order valence-corrected chi connectivity index (χ2v) is 4.88. The van der Waals surface area contributed by atoms with E-state index in [9.17, 15) is 9.18 Å². The molecule has 21 heavy (non-hydrogen) atoms. The number of rotatable bonds is 4. The molecule has 0 saturated heterocycles. The van der Waals surface area contributed by atoms with E-state index < -0.39 is 0 Å². The third kappa shape index (κ3) is 3.56. The first-order valence-electron chi connectivity index (χ1n) is 6.70. The lowest BCUT2D eigenvalue weighted by Gasteiger charge is -2.09. The van der Waals surface area contributed by atoms with Crippen molar-refractivity contribution in [3.63, 3.8) is 0 Å². The van der Waals surface area contributed by atoms with Crippen LogP contribution < -0.4 is 10.6 Å². The van der Waals surface area contributed by atoms with Gasteiger partial charge in [-0.1, -0.05) is 18.2 Å². The van der Waals surface area contributed by atoms with E-state index in [0.29, 0.717) is 29.2 Å². The number of benzene rings is 1. The number of carbonyl (C=O) groups is 1. The molecule has 1 aromatic heterocycles. The molecule has 4 nitrogen and oxygen atoms in total. The zero-order chi connectivity index (χ0) is 15.4. The summed E-state index contributed by atoms with van der Waals surface area (Å²) >= 11 is 0. The second-order valence-electron chi connectivity index (χ2n) is 4.88. The first kappa shape index (κ1) is 15.0. The summed E-state index contributed by atoms with van der Waals surface area (Å²) in [6.45, 7) is 3.77. The molecule has 1 heterocycles. The van der Waals surface area contributed by atoms with Gasteiger partial charge in [0.1, 0.15) is 17.3 Å². The SMILES string of the molecule is CNc1cccc(C(=O)NCc2cc(C)c(F)c(C)c2)n1. The van der Waals surface area contributed by atoms with E-state index in [0.717, 1.165) is 5.56 Å². The Morgan fingerprint density at radius 2 is 1.90 bits per heavy atom. The van der Waals surface area contributed by atoms with Crippen molar-refractivity contribution in [2.24, 2.45) is 0 Å². The highest BCUT2D eigenvalue weighted by atomic mass is 19.1. The molecule has 1 amide bonds. The van der Waals surface area contributed by atoms with Gasteiger partial charge in [-0.15, -0.1) is 0 Å². The quantitative estimate of drug-likeness (QED) is 0.909. The van der Waals surface area contributed by atoms with E-state index in [1.165, 1.54) is 0 Å². The molecule has 5 heteroatoms. The number of amides is 1. The zero-order valence-corrected chi connectivity index (χ0v) is 12.3. The number of aryl methyl sites for hydroxylation is 2. The van der Waals surface area contributed by atoms with Gasteiger partial charge in [0.15, 0.2) is 0 Å². The normalized spacial score (nSPS) is 10.3. The summed E-state index contributed by atoms with van der Waals surface area (Å²) in [7, 11) is 1.74. The number of halogens is 1. The highest BCUT2D eigenvalue weighted by Crippen LogP contribution is 2.14. The molecular formula is C16H18FN3O. The smallest absolute Gasteiger partial charge is 0.270 e. The van der Waals surface area contributed by atoms with Crippen molar-refractivity contribution < 1.29 is 9.18 Å². The van der Waals surface area contributed by atoms with E-state index in [4.69, 9.17) is 0 Å². The Hall–Kier alpha value is -2.43. The Balaban J connectivity index is 2.07. The van der Waals surface area contributed by atoms with Crippen molar-refractivity contribution >= 4 is 11.7 Å². The predicted molar refractivity (Wildman–Crippen MR) is 80.8 cm³/mol. The second kappa shape index (κ2) is 6.35. The fraction of sp³-hybridized carbons (Fsp3) is 0.250. The number of nitrogens with one attached hydrogen (secondary N) is 2. The molecule has 2 aromatic rings. The van der Waals surface area contributed by atoms with Crippen molar-refractivity contribution in [1.29, 1.82) is 0 Å². The van der Waals surface area contributed by atoms with Gasteiger partial charge in [0, 0.05) is 13.6 Å². The Morgan fingerprint density at radius 1 is 1.24 bits per heavy atom. The molecule has 0 bridgehead atoms. The molecule has 0 spiro atoms. The summed E-state index contributed by atoms with van der Waals surface area (Å²) in [4.78, 5) is 16.2. The third-order valence-electron chi connectivity index (χ3n) is 3.19. The predicted octanol–water partition coefficient (Wildman–Crippen LogP) is 2.81. The number of carbonyl (C=O) groups excluding carboxylic acids is 1.